The van der Waals surface area contributed by atoms with Crippen LogP contribution in [0.5, 0.6) is 0 Å². The molecule has 1 aliphatic rings. The molecule has 1 saturated heterocycles. The second kappa shape index (κ2) is 10.7. The Bertz CT molecular complexity index is 1280. The lowest BCUT2D eigenvalue weighted by atomic mass is 10.1. The van der Waals surface area contributed by atoms with Crippen LogP contribution in [0, 0.1) is 0 Å². The van der Waals surface area contributed by atoms with Crippen molar-refractivity contribution in [1.29, 1.82) is 0 Å². The summed E-state index contributed by atoms with van der Waals surface area (Å²) in [5, 5.41) is 12.6. The predicted molar refractivity (Wildman–Crippen MR) is 139 cm³/mol. The van der Waals surface area contributed by atoms with E-state index in [0.717, 1.165) is 0 Å². The number of aliphatic hydroxyl groups is 1. The van der Waals surface area contributed by atoms with E-state index in [9.17, 15) is 19.4 Å². The molecule has 14 heteroatoms. The van der Waals surface area contributed by atoms with E-state index in [2.05, 4.69) is 41.0 Å². The maximum atomic E-state index is 12.7. The predicted octanol–water partition coefficient (Wildman–Crippen LogP) is 3.13. The van der Waals surface area contributed by atoms with Crippen molar-refractivity contribution < 1.29 is 33.0 Å². The van der Waals surface area contributed by atoms with Crippen LogP contribution < -0.4 is 5.32 Å². The van der Waals surface area contributed by atoms with E-state index in [4.69, 9.17) is 13.7 Å². The number of fused-ring (bicyclic) bond motifs is 1. The third-order valence-electron chi connectivity index (χ3n) is 6.84. The monoisotopic (exact) mass is 549 g/mol. The van der Waals surface area contributed by atoms with Gasteiger partial charge in [0.1, 0.15) is 24.6 Å². The maximum absolute atomic E-state index is 12.7. The molecule has 3 aromatic rings. The van der Waals surface area contributed by atoms with E-state index in [1.807, 2.05) is 19.2 Å². The molecule has 3 unspecified atom stereocenters. The average molecular weight is 550 g/mol. The van der Waals surface area contributed by atoms with Gasteiger partial charge in [-0.05, 0) is 30.3 Å². The lowest BCUT2D eigenvalue weighted by Gasteiger charge is -2.40. The van der Waals surface area contributed by atoms with Crippen molar-refractivity contribution in [3.8, 4) is 0 Å². The molecule has 200 valence electrons. The van der Waals surface area contributed by atoms with Gasteiger partial charge in [0.2, 0.25) is 0 Å². The first kappa shape index (κ1) is 27.5. The van der Waals surface area contributed by atoms with Gasteiger partial charge < -0.3 is 29.0 Å². The molecular weight excluding hydrogens is 517 g/mol. The van der Waals surface area contributed by atoms with E-state index in [0.29, 0.717) is 16.7 Å². The van der Waals surface area contributed by atoms with Gasteiger partial charge in [0.05, 0.1) is 12.9 Å². The molecule has 2 aromatic heterocycles. The van der Waals surface area contributed by atoms with Crippen molar-refractivity contribution in [1.82, 2.24) is 19.5 Å². The SMILES string of the molecule is CC(C)(C)[Si](C)(C)O[C@H]1C(n2cnc3c(NC(=O)c4ccccc4)ncnc32)OC(CO)[C@H]1O[PH](=O)O. The van der Waals surface area contributed by atoms with Crippen molar-refractivity contribution in [2.75, 3.05) is 11.9 Å². The molecule has 1 amide bonds. The van der Waals surface area contributed by atoms with E-state index in [1.165, 1.54) is 12.7 Å². The summed E-state index contributed by atoms with van der Waals surface area (Å²) in [6, 6.07) is 8.70. The smallest absolute Gasteiger partial charge is 0.317 e. The highest BCUT2D eigenvalue weighted by Crippen LogP contribution is 2.44. The van der Waals surface area contributed by atoms with Crippen LogP contribution >= 0.6 is 8.25 Å². The number of nitrogens with zero attached hydrogens (tertiary/aromatic N) is 4. The van der Waals surface area contributed by atoms with Gasteiger partial charge in [-0.15, -0.1) is 0 Å². The Morgan fingerprint density at radius 3 is 2.51 bits per heavy atom. The first-order chi connectivity index (χ1) is 17.4. The van der Waals surface area contributed by atoms with Crippen molar-refractivity contribution in [3.05, 3.63) is 48.5 Å². The van der Waals surface area contributed by atoms with Gasteiger partial charge in [0.25, 0.3) is 5.91 Å². The Balaban J connectivity index is 1.72. The first-order valence-electron chi connectivity index (χ1n) is 11.8. The molecule has 0 saturated carbocycles. The second-order valence-electron chi connectivity index (χ2n) is 10.3. The number of carbonyl (C=O) groups excluding carboxylic acids is 1. The maximum Gasteiger partial charge on any atom is 0.317 e. The van der Waals surface area contributed by atoms with E-state index in [1.54, 1.807) is 28.8 Å². The Morgan fingerprint density at radius 2 is 1.89 bits per heavy atom. The van der Waals surface area contributed by atoms with Gasteiger partial charge in [-0.3, -0.25) is 13.9 Å². The fourth-order valence-electron chi connectivity index (χ4n) is 3.88. The van der Waals surface area contributed by atoms with Gasteiger partial charge in [0.15, 0.2) is 31.5 Å². The minimum Gasteiger partial charge on any atom is -0.407 e. The number of aliphatic hydroxyl groups excluding tert-OH is 1. The van der Waals surface area contributed by atoms with Gasteiger partial charge in [-0.1, -0.05) is 39.0 Å². The van der Waals surface area contributed by atoms with Gasteiger partial charge >= 0.3 is 8.25 Å². The van der Waals surface area contributed by atoms with Crippen LogP contribution in [-0.2, 0) is 18.3 Å². The van der Waals surface area contributed by atoms with Crippen LogP contribution in [-0.4, -0.2) is 68.7 Å². The van der Waals surface area contributed by atoms with Crippen LogP contribution in [0.1, 0.15) is 37.4 Å². The molecule has 0 spiro atoms. The molecular formula is C23H32N5O7PSi. The summed E-state index contributed by atoms with van der Waals surface area (Å²) in [4.78, 5) is 35.2. The van der Waals surface area contributed by atoms with Crippen molar-refractivity contribution in [2.24, 2.45) is 0 Å². The Hall–Kier alpha value is -2.51. The fraction of sp³-hybridized carbons (Fsp3) is 0.478. The zero-order chi connectivity index (χ0) is 27.0. The number of hydrogen-bond donors (Lipinski definition) is 3. The third-order valence-corrected chi connectivity index (χ3v) is 11.8. The van der Waals surface area contributed by atoms with Crippen molar-refractivity contribution in [2.45, 2.75) is 63.4 Å². The summed E-state index contributed by atoms with van der Waals surface area (Å²) < 4.78 is 31.4. The number of aromatic nitrogens is 4. The average Bonchev–Trinajstić information content (AvgIpc) is 3.40. The van der Waals surface area contributed by atoms with Crippen molar-refractivity contribution in [3.63, 3.8) is 0 Å². The largest absolute Gasteiger partial charge is 0.407 e. The molecule has 3 heterocycles. The molecule has 1 fully saturated rings. The third kappa shape index (κ3) is 5.67. The molecule has 4 rings (SSSR count). The highest BCUT2D eigenvalue weighted by molar-refractivity contribution is 7.32. The Kier molecular flexibility index (Phi) is 7.95. The highest BCUT2D eigenvalue weighted by Gasteiger charge is 2.52. The molecule has 0 bridgehead atoms. The summed E-state index contributed by atoms with van der Waals surface area (Å²) in [5.41, 5.74) is 1.13. The number of rotatable bonds is 8. The van der Waals surface area contributed by atoms with Crippen LogP contribution in [0.2, 0.25) is 18.1 Å². The highest BCUT2D eigenvalue weighted by atomic mass is 31.1. The standard InChI is InChI=1S/C23H32N5O7PSi/c1-23(2,3)37(4,5)35-18-17(34-36(31)32)15(11-29)33-22(18)28-13-26-16-19(24-12-25-20(16)28)27-21(30)14-9-7-6-8-10-14/h6-10,12-13,15,17-18,22,29,36H,11H2,1-5H3,(H,31,32)(H,24,25,27,30)/t15?,17-,18-,22?/m1/s1. The summed E-state index contributed by atoms with van der Waals surface area (Å²) in [7, 11) is -5.80. The molecule has 1 aromatic carbocycles. The minimum atomic E-state index is -3.37. The lowest BCUT2D eigenvalue weighted by molar-refractivity contribution is -0.0487. The lowest BCUT2D eigenvalue weighted by Crippen LogP contribution is -2.49. The number of imidazole rings is 1. The zero-order valence-electron chi connectivity index (χ0n) is 21.3. The summed E-state index contributed by atoms with van der Waals surface area (Å²) in [5.74, 6) is -0.141. The van der Waals surface area contributed by atoms with Crippen LogP contribution in [0.4, 0.5) is 5.82 Å². The molecule has 3 N–H and O–H groups in total. The molecule has 0 radical (unpaired) electrons. The topological polar surface area (TPSA) is 158 Å². The zero-order valence-corrected chi connectivity index (χ0v) is 23.3. The first-order valence-corrected chi connectivity index (χ1v) is 16.0. The summed E-state index contributed by atoms with van der Waals surface area (Å²) in [6.07, 6.45) is -0.870. The van der Waals surface area contributed by atoms with E-state index in [-0.39, 0.29) is 16.8 Å². The van der Waals surface area contributed by atoms with Crippen LogP contribution in [0.25, 0.3) is 11.2 Å². The quantitative estimate of drug-likeness (QED) is 0.282. The summed E-state index contributed by atoms with van der Waals surface area (Å²) >= 11 is 0. The van der Waals surface area contributed by atoms with Gasteiger partial charge in [-0.25, -0.2) is 15.0 Å². The number of ether oxygens (including phenoxy) is 1. The van der Waals surface area contributed by atoms with Crippen molar-refractivity contribution >= 4 is 39.5 Å². The minimum absolute atomic E-state index is 0.183. The summed E-state index contributed by atoms with van der Waals surface area (Å²) in [6.45, 7) is 9.84. The number of amides is 1. The Morgan fingerprint density at radius 1 is 1.19 bits per heavy atom. The molecule has 0 aliphatic carbocycles. The van der Waals surface area contributed by atoms with Crippen LogP contribution in [0.3, 0.4) is 0 Å². The molecule has 37 heavy (non-hydrogen) atoms. The molecule has 5 atom stereocenters. The fourth-order valence-corrected chi connectivity index (χ4v) is 5.68. The number of nitrogens with one attached hydrogen (secondary N) is 1. The Labute approximate surface area is 216 Å². The number of carbonyl (C=O) groups is 1. The molecule has 12 nitrogen and oxygen atoms in total. The van der Waals surface area contributed by atoms with Crippen LogP contribution in [0.15, 0.2) is 43.0 Å². The van der Waals surface area contributed by atoms with Gasteiger partial charge in [0, 0.05) is 5.56 Å². The second-order valence-corrected chi connectivity index (χ2v) is 15.8. The molecule has 1 aliphatic heterocycles. The van der Waals surface area contributed by atoms with E-state index >= 15 is 0 Å². The number of anilines is 1. The normalized spacial score (nSPS) is 23.3. The van der Waals surface area contributed by atoms with Gasteiger partial charge in [-0.2, -0.15) is 0 Å². The van der Waals surface area contributed by atoms with E-state index < -0.39 is 47.7 Å². The number of hydrogen-bond acceptors (Lipinski definition) is 9. The number of benzene rings is 1.